The Hall–Kier alpha value is -4.07. The second-order valence-corrected chi connectivity index (χ2v) is 11.9. The molecule has 1 aliphatic carbocycles. The van der Waals surface area contributed by atoms with Crippen molar-refractivity contribution in [1.82, 2.24) is 15.0 Å². The average Bonchev–Trinajstić information content (AvgIpc) is 2.93. The van der Waals surface area contributed by atoms with E-state index in [1.807, 2.05) is 31.2 Å². The Labute approximate surface area is 228 Å². The number of nitrogens with two attached hydrogens (primary N) is 1. The zero-order valence-electron chi connectivity index (χ0n) is 21.9. The van der Waals surface area contributed by atoms with Gasteiger partial charge in [0.2, 0.25) is 11.8 Å². The van der Waals surface area contributed by atoms with Crippen LogP contribution >= 0.6 is 0 Å². The summed E-state index contributed by atoms with van der Waals surface area (Å²) in [6.45, 7) is 1.99. The molecule has 0 saturated heterocycles. The van der Waals surface area contributed by atoms with Gasteiger partial charge in [-0.05, 0) is 80.1 Å². The first-order valence-corrected chi connectivity index (χ1v) is 14.5. The van der Waals surface area contributed by atoms with Crippen LogP contribution in [-0.4, -0.2) is 42.6 Å². The number of aromatic nitrogens is 3. The second-order valence-electron chi connectivity index (χ2n) is 9.90. The highest BCUT2D eigenvalue weighted by Gasteiger charge is 2.22. The molecule has 2 aromatic carbocycles. The number of ether oxygens (including phenoxy) is 1. The minimum absolute atomic E-state index is 0.0105. The Balaban J connectivity index is 1.42. The Morgan fingerprint density at radius 1 is 1.08 bits per heavy atom. The fourth-order valence-corrected chi connectivity index (χ4v) is 6.45. The third-order valence-electron chi connectivity index (χ3n) is 7.11. The highest BCUT2D eigenvalue weighted by atomic mass is 32.2. The molecule has 5 rings (SSSR count). The van der Waals surface area contributed by atoms with Crippen LogP contribution in [0, 0.1) is 18.3 Å². The number of sulfone groups is 1. The van der Waals surface area contributed by atoms with Gasteiger partial charge in [-0.2, -0.15) is 5.26 Å². The number of nitrogens with one attached hydrogen (secondary N) is 1. The summed E-state index contributed by atoms with van der Waals surface area (Å²) in [7, 11) is -2.28. The highest BCUT2D eigenvalue weighted by Crippen LogP contribution is 2.34. The number of nitrogens with zero attached hydrogens (tertiary/aromatic N) is 4. The molecule has 0 atom stereocenters. The minimum Gasteiger partial charge on any atom is -0.481 e. The summed E-state index contributed by atoms with van der Waals surface area (Å²) < 4.78 is 31.7. The molecular weight excluding hydrogens is 512 g/mol. The molecule has 10 heteroatoms. The van der Waals surface area contributed by atoms with E-state index >= 15 is 0 Å². The van der Waals surface area contributed by atoms with Gasteiger partial charge in [0.15, 0.2) is 9.84 Å². The van der Waals surface area contributed by atoms with E-state index in [-0.39, 0.29) is 22.3 Å². The Morgan fingerprint density at radius 3 is 2.59 bits per heavy atom. The SMILES string of the molecule is COc1nc(CS(=O)(=O)c2ccccc2C#N)ccc1-c1cc2cnc(NC3CCC(N)CC3)nc2cc1C. The number of nitriles is 1. The van der Waals surface area contributed by atoms with E-state index in [2.05, 4.69) is 15.3 Å². The van der Waals surface area contributed by atoms with Crippen LogP contribution in [0.3, 0.4) is 0 Å². The minimum atomic E-state index is -3.78. The average molecular weight is 543 g/mol. The Kier molecular flexibility index (Phi) is 7.46. The van der Waals surface area contributed by atoms with E-state index in [1.54, 1.807) is 24.4 Å². The van der Waals surface area contributed by atoms with Gasteiger partial charge in [-0.15, -0.1) is 0 Å². The number of hydrogen-bond donors (Lipinski definition) is 2. The Morgan fingerprint density at radius 2 is 1.85 bits per heavy atom. The quantitative estimate of drug-likeness (QED) is 0.344. The lowest BCUT2D eigenvalue weighted by Crippen LogP contribution is -2.33. The van der Waals surface area contributed by atoms with Crippen LogP contribution in [0.5, 0.6) is 5.88 Å². The maximum absolute atomic E-state index is 13.0. The van der Waals surface area contributed by atoms with Crippen molar-refractivity contribution >= 4 is 26.7 Å². The van der Waals surface area contributed by atoms with Crippen LogP contribution in [-0.2, 0) is 15.6 Å². The molecule has 0 bridgehead atoms. The topological polar surface area (TPSA) is 144 Å². The van der Waals surface area contributed by atoms with E-state index in [1.165, 1.54) is 19.2 Å². The largest absolute Gasteiger partial charge is 0.481 e. The number of pyridine rings is 1. The number of anilines is 1. The standard InChI is InChI=1S/C29H30N6O3S/c1-18-13-26-20(16-32-29(35-26)34-22-9-7-21(31)8-10-22)14-25(18)24-12-11-23(33-28(24)38-2)17-39(36,37)27-6-4-3-5-19(27)15-30/h3-6,11-14,16,21-22H,7-10,17,31H2,1-2H3,(H,32,34,35). The zero-order valence-corrected chi connectivity index (χ0v) is 22.7. The molecule has 1 aliphatic rings. The molecule has 2 heterocycles. The first-order chi connectivity index (χ1) is 18.8. The first kappa shape index (κ1) is 26.5. The molecule has 39 heavy (non-hydrogen) atoms. The maximum Gasteiger partial charge on any atom is 0.223 e. The van der Waals surface area contributed by atoms with E-state index in [9.17, 15) is 13.7 Å². The molecule has 1 fully saturated rings. The number of hydrogen-bond acceptors (Lipinski definition) is 9. The van der Waals surface area contributed by atoms with Gasteiger partial charge in [0.25, 0.3) is 0 Å². The third-order valence-corrected chi connectivity index (χ3v) is 8.81. The molecule has 200 valence electrons. The second kappa shape index (κ2) is 11.0. The van der Waals surface area contributed by atoms with Crippen molar-refractivity contribution in [1.29, 1.82) is 5.26 Å². The van der Waals surface area contributed by atoms with Gasteiger partial charge in [-0.3, -0.25) is 0 Å². The van der Waals surface area contributed by atoms with Gasteiger partial charge >= 0.3 is 0 Å². The van der Waals surface area contributed by atoms with Crippen molar-refractivity contribution in [2.24, 2.45) is 5.73 Å². The summed E-state index contributed by atoms with van der Waals surface area (Å²) in [6.07, 6.45) is 5.82. The molecule has 1 saturated carbocycles. The van der Waals surface area contributed by atoms with Crippen molar-refractivity contribution in [2.75, 3.05) is 12.4 Å². The van der Waals surface area contributed by atoms with E-state index < -0.39 is 9.84 Å². The van der Waals surface area contributed by atoms with Gasteiger partial charge in [0.05, 0.1) is 34.5 Å². The number of methoxy groups -OCH3 is 1. The number of aryl methyl sites for hydroxylation is 1. The Bertz CT molecular complexity index is 1670. The molecular formula is C29H30N6O3S. The molecule has 3 N–H and O–H groups in total. The maximum atomic E-state index is 13.0. The number of rotatable bonds is 7. The van der Waals surface area contributed by atoms with Crippen molar-refractivity contribution in [3.63, 3.8) is 0 Å². The molecule has 9 nitrogen and oxygen atoms in total. The lowest BCUT2D eigenvalue weighted by Gasteiger charge is -2.26. The van der Waals surface area contributed by atoms with Crippen molar-refractivity contribution in [2.45, 2.75) is 55.3 Å². The molecule has 0 spiro atoms. The van der Waals surface area contributed by atoms with Crippen LogP contribution in [0.2, 0.25) is 0 Å². The molecule has 0 unspecified atom stereocenters. The van der Waals surface area contributed by atoms with E-state index in [0.717, 1.165) is 53.3 Å². The summed E-state index contributed by atoms with van der Waals surface area (Å²) >= 11 is 0. The number of fused-ring (bicyclic) bond motifs is 1. The lowest BCUT2D eigenvalue weighted by atomic mass is 9.92. The monoisotopic (exact) mass is 542 g/mol. The molecule has 0 radical (unpaired) electrons. The summed E-state index contributed by atoms with van der Waals surface area (Å²) in [4.78, 5) is 13.8. The molecule has 0 aliphatic heterocycles. The van der Waals surface area contributed by atoms with Crippen LogP contribution < -0.4 is 15.8 Å². The van der Waals surface area contributed by atoms with Crippen LogP contribution in [0.25, 0.3) is 22.0 Å². The van der Waals surface area contributed by atoms with Crippen LogP contribution in [0.4, 0.5) is 5.95 Å². The van der Waals surface area contributed by atoms with E-state index in [4.69, 9.17) is 15.5 Å². The fraction of sp³-hybridized carbons (Fsp3) is 0.310. The van der Waals surface area contributed by atoms with Crippen molar-refractivity contribution in [3.8, 4) is 23.1 Å². The molecule has 0 amide bonds. The molecule has 4 aromatic rings. The predicted octanol–water partition coefficient (Wildman–Crippen LogP) is 4.54. The van der Waals surface area contributed by atoms with Gasteiger partial charge in [0, 0.05) is 29.2 Å². The van der Waals surface area contributed by atoms with Gasteiger partial charge in [-0.25, -0.2) is 23.4 Å². The lowest BCUT2D eigenvalue weighted by molar-refractivity contribution is 0.398. The first-order valence-electron chi connectivity index (χ1n) is 12.8. The third kappa shape index (κ3) is 5.70. The van der Waals surface area contributed by atoms with Gasteiger partial charge in [-0.1, -0.05) is 12.1 Å². The smallest absolute Gasteiger partial charge is 0.223 e. The van der Waals surface area contributed by atoms with Crippen LogP contribution in [0.15, 0.2) is 59.6 Å². The zero-order chi connectivity index (χ0) is 27.6. The van der Waals surface area contributed by atoms with Crippen LogP contribution in [0.1, 0.15) is 42.5 Å². The highest BCUT2D eigenvalue weighted by molar-refractivity contribution is 7.90. The summed E-state index contributed by atoms with van der Waals surface area (Å²) in [5.74, 6) is 0.571. The van der Waals surface area contributed by atoms with Crippen molar-refractivity contribution in [3.05, 3.63) is 71.5 Å². The molecule has 2 aromatic heterocycles. The fourth-order valence-electron chi connectivity index (χ4n) is 5.01. The van der Waals surface area contributed by atoms with E-state index in [0.29, 0.717) is 23.6 Å². The van der Waals surface area contributed by atoms with Gasteiger partial charge < -0.3 is 15.8 Å². The summed E-state index contributed by atoms with van der Waals surface area (Å²) in [6, 6.07) is 16.2. The summed E-state index contributed by atoms with van der Waals surface area (Å²) in [5.41, 5.74) is 9.88. The predicted molar refractivity (Wildman–Crippen MR) is 150 cm³/mol. The number of benzene rings is 2. The van der Waals surface area contributed by atoms with Gasteiger partial charge in [0.1, 0.15) is 6.07 Å². The van der Waals surface area contributed by atoms with Crippen molar-refractivity contribution < 1.29 is 13.2 Å². The normalized spacial score (nSPS) is 17.5. The summed E-state index contributed by atoms with van der Waals surface area (Å²) in [5, 5.41) is 13.6.